The average molecular weight is 267 g/mol. The standard InChI is InChI=1S/C13H5N3O4/c14-5-8-9(16(19)20)4-6-2-1-3-7-10(6)11(8)13(18)15-12(7)17/h1-4H,(H,15,17,18). The van der Waals surface area contributed by atoms with Crippen molar-refractivity contribution in [3.8, 4) is 6.07 Å². The van der Waals surface area contributed by atoms with Gasteiger partial charge in [-0.1, -0.05) is 12.1 Å². The zero-order valence-corrected chi connectivity index (χ0v) is 9.84. The largest absolute Gasteiger partial charge is 0.288 e. The molecule has 96 valence electrons. The van der Waals surface area contributed by atoms with Crippen LogP contribution in [0.1, 0.15) is 26.3 Å². The minimum Gasteiger partial charge on any atom is -0.288 e. The van der Waals surface area contributed by atoms with Gasteiger partial charge in [-0.05, 0) is 11.5 Å². The molecule has 0 bridgehead atoms. The molecule has 0 aliphatic carbocycles. The number of carbonyl (C=O) groups excluding carboxylic acids is 2. The van der Waals surface area contributed by atoms with Crippen LogP contribution in [-0.2, 0) is 0 Å². The van der Waals surface area contributed by atoms with Crippen molar-refractivity contribution in [3.63, 3.8) is 0 Å². The van der Waals surface area contributed by atoms with Crippen LogP contribution in [-0.4, -0.2) is 16.7 Å². The van der Waals surface area contributed by atoms with Gasteiger partial charge >= 0.3 is 0 Å². The Hall–Kier alpha value is -3.27. The van der Waals surface area contributed by atoms with E-state index in [4.69, 9.17) is 5.26 Å². The molecule has 0 saturated heterocycles. The molecule has 2 aromatic carbocycles. The molecule has 0 spiro atoms. The number of nitro groups is 1. The molecule has 0 saturated carbocycles. The second-order valence-corrected chi connectivity index (χ2v) is 4.20. The molecule has 2 amide bonds. The highest BCUT2D eigenvalue weighted by Gasteiger charge is 2.32. The number of hydrogen-bond acceptors (Lipinski definition) is 5. The summed E-state index contributed by atoms with van der Waals surface area (Å²) in [5.41, 5.74) is -0.674. The lowest BCUT2D eigenvalue weighted by Crippen LogP contribution is -2.35. The zero-order valence-electron chi connectivity index (χ0n) is 9.84. The molecule has 0 aromatic heterocycles. The molecule has 1 aliphatic rings. The van der Waals surface area contributed by atoms with Crippen LogP contribution in [0.5, 0.6) is 0 Å². The van der Waals surface area contributed by atoms with E-state index in [1.54, 1.807) is 18.2 Å². The number of rotatable bonds is 1. The van der Waals surface area contributed by atoms with Crippen LogP contribution in [0.4, 0.5) is 5.69 Å². The predicted octanol–water partition coefficient (Wildman–Crippen LogP) is 1.50. The maximum atomic E-state index is 11.9. The van der Waals surface area contributed by atoms with Gasteiger partial charge in [0.2, 0.25) is 0 Å². The van der Waals surface area contributed by atoms with E-state index < -0.39 is 22.4 Å². The number of hydrogen-bond donors (Lipinski definition) is 1. The summed E-state index contributed by atoms with van der Waals surface area (Å²) in [6.45, 7) is 0. The molecule has 7 nitrogen and oxygen atoms in total. The maximum Gasteiger partial charge on any atom is 0.288 e. The second kappa shape index (κ2) is 3.86. The highest BCUT2D eigenvalue weighted by atomic mass is 16.6. The second-order valence-electron chi connectivity index (χ2n) is 4.20. The number of nitrogens with one attached hydrogen (secondary N) is 1. The van der Waals surface area contributed by atoms with Gasteiger partial charge in [-0.25, -0.2) is 0 Å². The first-order chi connectivity index (χ1) is 9.54. The van der Waals surface area contributed by atoms with E-state index in [1.807, 2.05) is 0 Å². The maximum absolute atomic E-state index is 11.9. The van der Waals surface area contributed by atoms with Crippen molar-refractivity contribution >= 4 is 28.3 Å². The van der Waals surface area contributed by atoms with Crippen LogP contribution in [0.3, 0.4) is 0 Å². The molecule has 0 radical (unpaired) electrons. The molecular formula is C13H5N3O4. The van der Waals surface area contributed by atoms with E-state index in [0.717, 1.165) is 0 Å². The third-order valence-electron chi connectivity index (χ3n) is 3.15. The first-order valence-electron chi connectivity index (χ1n) is 5.54. The van der Waals surface area contributed by atoms with E-state index >= 15 is 0 Å². The van der Waals surface area contributed by atoms with Crippen molar-refractivity contribution in [1.29, 1.82) is 5.26 Å². The summed E-state index contributed by atoms with van der Waals surface area (Å²) >= 11 is 0. The molecule has 0 unspecified atom stereocenters. The van der Waals surface area contributed by atoms with Gasteiger partial charge in [0.15, 0.2) is 0 Å². The van der Waals surface area contributed by atoms with Gasteiger partial charge in [0, 0.05) is 17.0 Å². The van der Waals surface area contributed by atoms with Gasteiger partial charge < -0.3 is 0 Å². The Balaban J connectivity index is 2.60. The summed E-state index contributed by atoms with van der Waals surface area (Å²) in [6, 6.07) is 7.50. The molecule has 0 fully saturated rings. The lowest BCUT2D eigenvalue weighted by Gasteiger charge is -2.17. The Morgan fingerprint density at radius 2 is 2.00 bits per heavy atom. The number of nitro benzene ring substituents is 1. The SMILES string of the molecule is N#Cc1c([N+](=O)[O-])cc2cccc3c2c1C(=O)NC3=O. The molecule has 1 aliphatic heterocycles. The summed E-state index contributed by atoms with van der Waals surface area (Å²) in [4.78, 5) is 34.0. The van der Waals surface area contributed by atoms with Crippen LogP contribution in [0.15, 0.2) is 24.3 Å². The quantitative estimate of drug-likeness (QED) is 0.478. The lowest BCUT2D eigenvalue weighted by atomic mass is 9.91. The van der Waals surface area contributed by atoms with Crippen molar-refractivity contribution in [2.75, 3.05) is 0 Å². The number of benzene rings is 2. The minimum atomic E-state index is -0.793. The van der Waals surface area contributed by atoms with Gasteiger partial charge in [-0.3, -0.25) is 25.0 Å². The summed E-state index contributed by atoms with van der Waals surface area (Å²) in [5, 5.41) is 22.9. The monoisotopic (exact) mass is 267 g/mol. The summed E-state index contributed by atoms with van der Waals surface area (Å²) in [6.07, 6.45) is 0. The smallest absolute Gasteiger partial charge is 0.288 e. The first kappa shape index (κ1) is 11.8. The molecule has 0 atom stereocenters. The van der Waals surface area contributed by atoms with Crippen LogP contribution in [0.25, 0.3) is 10.8 Å². The summed E-state index contributed by atoms with van der Waals surface area (Å²) in [7, 11) is 0. The van der Waals surface area contributed by atoms with E-state index in [0.29, 0.717) is 5.39 Å². The Kier molecular flexibility index (Phi) is 2.28. The highest BCUT2D eigenvalue weighted by molar-refractivity contribution is 6.27. The van der Waals surface area contributed by atoms with E-state index in [2.05, 4.69) is 5.32 Å². The fourth-order valence-electron chi connectivity index (χ4n) is 2.35. The zero-order chi connectivity index (χ0) is 14.4. The highest BCUT2D eigenvalue weighted by Crippen LogP contribution is 2.34. The third kappa shape index (κ3) is 1.39. The van der Waals surface area contributed by atoms with Crippen molar-refractivity contribution in [2.45, 2.75) is 0 Å². The lowest BCUT2D eigenvalue weighted by molar-refractivity contribution is -0.385. The summed E-state index contributed by atoms with van der Waals surface area (Å²) in [5.74, 6) is -1.37. The fraction of sp³-hybridized carbons (Fsp3) is 0. The van der Waals surface area contributed by atoms with Crippen LogP contribution >= 0.6 is 0 Å². The van der Waals surface area contributed by atoms with Crippen molar-refractivity contribution in [1.82, 2.24) is 5.32 Å². The first-order valence-corrected chi connectivity index (χ1v) is 5.54. The number of amides is 2. The Morgan fingerprint density at radius 1 is 1.25 bits per heavy atom. The molecule has 3 rings (SSSR count). The van der Waals surface area contributed by atoms with Gasteiger partial charge in [0.1, 0.15) is 11.6 Å². The van der Waals surface area contributed by atoms with Gasteiger partial charge in [0.05, 0.1) is 10.5 Å². The molecule has 7 heteroatoms. The van der Waals surface area contributed by atoms with Crippen LogP contribution < -0.4 is 5.32 Å². The normalized spacial score (nSPS) is 12.9. The van der Waals surface area contributed by atoms with E-state index in [9.17, 15) is 19.7 Å². The third-order valence-corrected chi connectivity index (χ3v) is 3.15. The molecular weight excluding hydrogens is 262 g/mol. The fourth-order valence-corrected chi connectivity index (χ4v) is 2.35. The molecule has 2 aromatic rings. The van der Waals surface area contributed by atoms with E-state index in [-0.39, 0.29) is 22.1 Å². The Labute approximate surface area is 111 Å². The van der Waals surface area contributed by atoms with Crippen molar-refractivity contribution < 1.29 is 14.5 Å². The summed E-state index contributed by atoms with van der Waals surface area (Å²) < 4.78 is 0. The number of carbonyl (C=O) groups is 2. The van der Waals surface area contributed by atoms with E-state index in [1.165, 1.54) is 12.1 Å². The topological polar surface area (TPSA) is 113 Å². The van der Waals surface area contributed by atoms with Crippen LogP contribution in [0, 0.1) is 21.4 Å². The van der Waals surface area contributed by atoms with Gasteiger partial charge in [-0.2, -0.15) is 5.26 Å². The molecule has 1 N–H and O–H groups in total. The van der Waals surface area contributed by atoms with Crippen LogP contribution in [0.2, 0.25) is 0 Å². The minimum absolute atomic E-state index is 0.119. The number of imide groups is 1. The molecule has 1 heterocycles. The number of nitriles is 1. The predicted molar refractivity (Wildman–Crippen MR) is 67.1 cm³/mol. The number of nitrogens with zero attached hydrogens (tertiary/aromatic N) is 2. The van der Waals surface area contributed by atoms with Crippen molar-refractivity contribution in [3.05, 3.63) is 51.1 Å². The van der Waals surface area contributed by atoms with Gasteiger partial charge in [-0.15, -0.1) is 0 Å². The van der Waals surface area contributed by atoms with Gasteiger partial charge in [0.25, 0.3) is 17.5 Å². The Morgan fingerprint density at radius 3 is 2.65 bits per heavy atom. The Bertz CT molecular complexity index is 864. The molecule has 20 heavy (non-hydrogen) atoms. The average Bonchev–Trinajstić information content (AvgIpc) is 2.42. The van der Waals surface area contributed by atoms with Crippen molar-refractivity contribution in [2.24, 2.45) is 0 Å².